The van der Waals surface area contributed by atoms with Crippen LogP contribution in [0, 0.1) is 6.92 Å². The van der Waals surface area contributed by atoms with Crippen molar-refractivity contribution in [2.24, 2.45) is 0 Å². The molecule has 0 aliphatic heterocycles. The van der Waals surface area contributed by atoms with Crippen molar-refractivity contribution in [3.05, 3.63) is 25.8 Å². The van der Waals surface area contributed by atoms with Crippen molar-refractivity contribution in [2.75, 3.05) is 6.61 Å². The number of aryl methyl sites for hydroxylation is 1. The molecular weight excluding hydrogens is 294 g/mol. The first kappa shape index (κ1) is 11.3. The maximum absolute atomic E-state index is 8.84. The van der Waals surface area contributed by atoms with Crippen molar-refractivity contribution in [3.63, 3.8) is 0 Å². The summed E-state index contributed by atoms with van der Waals surface area (Å²) in [6.45, 7) is 2.20. The fourth-order valence-corrected chi connectivity index (χ4v) is 4.11. The number of thiazole rings is 1. The van der Waals surface area contributed by atoms with Crippen LogP contribution in [0.2, 0.25) is 0 Å². The average molecular weight is 304 g/mol. The molecule has 0 aromatic carbocycles. The van der Waals surface area contributed by atoms with Crippen LogP contribution in [0.15, 0.2) is 15.2 Å². The smallest absolute Gasteiger partial charge is 0.106 e. The molecule has 2 aromatic rings. The topological polar surface area (TPSA) is 33.1 Å². The molecule has 0 aliphatic rings. The van der Waals surface area contributed by atoms with Crippen LogP contribution in [0.5, 0.6) is 0 Å². The van der Waals surface area contributed by atoms with Gasteiger partial charge in [-0.1, -0.05) is 0 Å². The maximum atomic E-state index is 8.84. The highest BCUT2D eigenvalue weighted by Crippen LogP contribution is 2.36. The Bertz CT molecular complexity index is 464. The normalized spacial score (nSPS) is 10.9. The molecule has 0 saturated carbocycles. The summed E-state index contributed by atoms with van der Waals surface area (Å²) in [5.74, 6) is 0. The van der Waals surface area contributed by atoms with Gasteiger partial charge >= 0.3 is 0 Å². The molecule has 0 amide bonds. The van der Waals surface area contributed by atoms with Crippen molar-refractivity contribution in [1.82, 2.24) is 4.98 Å². The van der Waals surface area contributed by atoms with Crippen molar-refractivity contribution < 1.29 is 5.11 Å². The van der Waals surface area contributed by atoms with Crippen LogP contribution in [-0.4, -0.2) is 16.7 Å². The molecule has 0 atom stereocenters. The van der Waals surface area contributed by atoms with E-state index in [1.165, 1.54) is 5.56 Å². The third-order valence-corrected chi connectivity index (χ3v) is 4.59. The summed E-state index contributed by atoms with van der Waals surface area (Å²) in [7, 11) is 0. The van der Waals surface area contributed by atoms with Crippen LogP contribution in [0.4, 0.5) is 0 Å². The maximum Gasteiger partial charge on any atom is 0.106 e. The van der Waals surface area contributed by atoms with E-state index in [2.05, 4.69) is 32.4 Å². The van der Waals surface area contributed by atoms with Gasteiger partial charge in [-0.3, -0.25) is 0 Å². The van der Waals surface area contributed by atoms with Crippen LogP contribution in [-0.2, 0) is 6.42 Å². The summed E-state index contributed by atoms with van der Waals surface area (Å²) < 4.78 is 1.08. The summed E-state index contributed by atoms with van der Waals surface area (Å²) in [6, 6.07) is 2.10. The lowest BCUT2D eigenvalue weighted by Gasteiger charge is -1.91. The highest BCUT2D eigenvalue weighted by Gasteiger charge is 2.10. The van der Waals surface area contributed by atoms with E-state index in [4.69, 9.17) is 5.11 Å². The van der Waals surface area contributed by atoms with Gasteiger partial charge in [-0.05, 0) is 46.3 Å². The van der Waals surface area contributed by atoms with Crippen molar-refractivity contribution in [2.45, 2.75) is 13.3 Å². The first-order chi connectivity index (χ1) is 7.20. The van der Waals surface area contributed by atoms with Crippen LogP contribution < -0.4 is 0 Å². The number of rotatable bonds is 3. The van der Waals surface area contributed by atoms with E-state index in [0.717, 1.165) is 25.8 Å². The van der Waals surface area contributed by atoms with Gasteiger partial charge in [0.2, 0.25) is 0 Å². The Morgan fingerprint density at radius 3 is 2.93 bits per heavy atom. The molecule has 2 heterocycles. The molecule has 0 bridgehead atoms. The Labute approximate surface area is 105 Å². The molecule has 2 nitrogen and oxygen atoms in total. The van der Waals surface area contributed by atoms with Gasteiger partial charge in [0.1, 0.15) is 5.69 Å². The van der Waals surface area contributed by atoms with Crippen molar-refractivity contribution >= 4 is 38.6 Å². The number of hydrogen-bond acceptors (Lipinski definition) is 4. The van der Waals surface area contributed by atoms with Gasteiger partial charge in [-0.15, -0.1) is 22.7 Å². The summed E-state index contributed by atoms with van der Waals surface area (Å²) >= 11 is 6.84. The van der Waals surface area contributed by atoms with E-state index in [1.807, 2.05) is 6.92 Å². The lowest BCUT2D eigenvalue weighted by Crippen LogP contribution is -1.86. The average Bonchev–Trinajstić information content (AvgIpc) is 2.73. The zero-order valence-electron chi connectivity index (χ0n) is 8.16. The number of thiophene rings is 1. The summed E-state index contributed by atoms with van der Waals surface area (Å²) in [6.07, 6.45) is 0.719. The molecule has 0 spiro atoms. The second-order valence-electron chi connectivity index (χ2n) is 3.15. The molecule has 15 heavy (non-hydrogen) atoms. The second-order valence-corrected chi connectivity index (χ2v) is 6.58. The Kier molecular flexibility index (Phi) is 3.56. The molecule has 0 unspecified atom stereocenters. The third-order valence-electron chi connectivity index (χ3n) is 1.98. The third kappa shape index (κ3) is 2.47. The molecule has 0 fully saturated rings. The zero-order chi connectivity index (χ0) is 10.8. The predicted octanol–water partition coefficient (Wildman–Crippen LogP) is 3.48. The van der Waals surface area contributed by atoms with Gasteiger partial charge in [0.25, 0.3) is 0 Å². The van der Waals surface area contributed by atoms with Crippen LogP contribution >= 0.6 is 38.6 Å². The molecular formula is C10H10BrNOS2. The van der Waals surface area contributed by atoms with Gasteiger partial charge in [-0.2, -0.15) is 0 Å². The Morgan fingerprint density at radius 2 is 2.33 bits per heavy atom. The lowest BCUT2D eigenvalue weighted by molar-refractivity contribution is 0.300. The van der Waals surface area contributed by atoms with Gasteiger partial charge in [0.15, 0.2) is 0 Å². The molecule has 2 rings (SSSR count). The van der Waals surface area contributed by atoms with Gasteiger partial charge in [0, 0.05) is 6.61 Å². The van der Waals surface area contributed by atoms with Crippen LogP contribution in [0.25, 0.3) is 10.6 Å². The van der Waals surface area contributed by atoms with E-state index in [9.17, 15) is 0 Å². The highest BCUT2D eigenvalue weighted by atomic mass is 79.9. The number of aromatic nitrogens is 1. The number of halogens is 1. The minimum atomic E-state index is 0.202. The fourth-order valence-electron chi connectivity index (χ4n) is 1.31. The fraction of sp³-hybridized carbons (Fsp3) is 0.300. The number of aliphatic hydroxyl groups excluding tert-OH is 1. The Morgan fingerprint density at radius 1 is 1.53 bits per heavy atom. The molecule has 0 saturated heterocycles. The Hall–Kier alpha value is -0.230. The van der Waals surface area contributed by atoms with E-state index in [0.29, 0.717) is 0 Å². The first-order valence-corrected chi connectivity index (χ1v) is 7.01. The first-order valence-electron chi connectivity index (χ1n) is 4.52. The minimum absolute atomic E-state index is 0.202. The van der Waals surface area contributed by atoms with E-state index >= 15 is 0 Å². The van der Waals surface area contributed by atoms with E-state index in [-0.39, 0.29) is 6.61 Å². The number of hydrogen-bond donors (Lipinski definition) is 1. The van der Waals surface area contributed by atoms with Crippen LogP contribution in [0.3, 0.4) is 0 Å². The van der Waals surface area contributed by atoms with Gasteiger partial charge in [0.05, 0.1) is 13.7 Å². The largest absolute Gasteiger partial charge is 0.396 e. The number of nitrogens with zero attached hydrogens (tertiary/aromatic N) is 1. The SMILES string of the molecule is Cc1nc(-c2cc(CCO)cs2)c(Br)s1. The minimum Gasteiger partial charge on any atom is -0.396 e. The van der Waals surface area contributed by atoms with Crippen molar-refractivity contribution in [1.29, 1.82) is 0 Å². The van der Waals surface area contributed by atoms with Gasteiger partial charge < -0.3 is 5.11 Å². The molecule has 1 N–H and O–H groups in total. The standard InChI is InChI=1S/C10H10BrNOS2/c1-6-12-9(10(11)15-6)8-4-7(2-3-13)5-14-8/h4-5,13H,2-3H2,1H3. The quantitative estimate of drug-likeness (QED) is 0.942. The monoisotopic (exact) mass is 303 g/mol. The molecule has 5 heteroatoms. The number of aliphatic hydroxyl groups is 1. The zero-order valence-corrected chi connectivity index (χ0v) is 11.4. The van der Waals surface area contributed by atoms with Crippen LogP contribution in [0.1, 0.15) is 10.6 Å². The van der Waals surface area contributed by atoms with Gasteiger partial charge in [-0.25, -0.2) is 4.98 Å². The lowest BCUT2D eigenvalue weighted by atomic mass is 10.2. The second kappa shape index (κ2) is 4.74. The molecule has 80 valence electrons. The Balaban J connectivity index is 2.32. The molecule has 2 aromatic heterocycles. The molecule has 0 aliphatic carbocycles. The predicted molar refractivity (Wildman–Crippen MR) is 68.7 cm³/mol. The molecule has 0 radical (unpaired) electrons. The summed E-state index contributed by atoms with van der Waals surface area (Å²) in [5, 5.41) is 12.0. The summed E-state index contributed by atoms with van der Waals surface area (Å²) in [4.78, 5) is 5.64. The summed E-state index contributed by atoms with van der Waals surface area (Å²) in [5.41, 5.74) is 2.20. The highest BCUT2D eigenvalue weighted by molar-refractivity contribution is 9.11. The van der Waals surface area contributed by atoms with E-state index in [1.54, 1.807) is 22.7 Å². The van der Waals surface area contributed by atoms with E-state index < -0.39 is 0 Å². The van der Waals surface area contributed by atoms with Crippen molar-refractivity contribution in [3.8, 4) is 10.6 Å².